The van der Waals surface area contributed by atoms with Crippen molar-refractivity contribution in [1.82, 2.24) is 5.32 Å². The Morgan fingerprint density at radius 1 is 0.714 bits per heavy atom. The third-order valence-electron chi connectivity index (χ3n) is 6.68. The zero-order chi connectivity index (χ0) is 32.5. The first-order chi connectivity index (χ1) is 19.6. The van der Waals surface area contributed by atoms with Gasteiger partial charge in [-0.2, -0.15) is 16.8 Å². The molecule has 0 aromatic heterocycles. The number of methoxy groups -OCH3 is 1. The predicted octanol–water partition coefficient (Wildman–Crippen LogP) is 6.74. The zero-order valence-electron chi connectivity index (χ0n) is 28.1. The average molecular weight is 646 g/mol. The third kappa shape index (κ3) is 29.1. The molecule has 0 rings (SSSR count). The Balaban J connectivity index is 0. The number of amides is 1. The van der Waals surface area contributed by atoms with Crippen molar-refractivity contribution in [2.24, 2.45) is 0 Å². The maximum absolute atomic E-state index is 12.1. The van der Waals surface area contributed by atoms with Gasteiger partial charge in [0.2, 0.25) is 0 Å². The lowest BCUT2D eigenvalue weighted by atomic mass is 10.0. The molecular formula is C30H65N2O8S2+. The summed E-state index contributed by atoms with van der Waals surface area (Å²) in [4.78, 5) is 12.0. The number of quaternary nitrogens is 1. The van der Waals surface area contributed by atoms with Gasteiger partial charge < -0.3 is 19.3 Å². The number of nitrogens with zero attached hydrogens (tertiary/aromatic N) is 1. The third-order valence-corrected chi connectivity index (χ3v) is 9.47. The van der Waals surface area contributed by atoms with Gasteiger partial charge in [-0.15, -0.1) is 3.63 Å². The summed E-state index contributed by atoms with van der Waals surface area (Å²) in [6.07, 6.45) is 19.8. The summed E-state index contributed by atoms with van der Waals surface area (Å²) in [7, 11) is -1.20. The van der Waals surface area contributed by atoms with Crippen LogP contribution in [0.5, 0.6) is 0 Å². The SMILES string of the molecule is CCCCCCCCCCCCCCCCCCNC(=O)OC(C(C)OC)S(=O)(=O)OS(C)(=O)=O.CCC[N+](C)(C)C. The Bertz CT molecular complexity index is 859. The second-order valence-corrected chi connectivity index (χ2v) is 15.6. The number of carbonyl (C=O) groups is 1. The van der Waals surface area contributed by atoms with Crippen LogP contribution in [0.4, 0.5) is 4.79 Å². The molecule has 254 valence electrons. The molecule has 0 heterocycles. The van der Waals surface area contributed by atoms with Crippen LogP contribution in [0, 0.1) is 0 Å². The van der Waals surface area contributed by atoms with Crippen LogP contribution in [-0.4, -0.2) is 86.5 Å². The molecule has 0 aromatic rings. The number of unbranched alkanes of at least 4 members (excludes halogenated alkanes) is 15. The van der Waals surface area contributed by atoms with Crippen molar-refractivity contribution in [2.45, 2.75) is 141 Å². The largest absolute Gasteiger partial charge is 0.424 e. The van der Waals surface area contributed by atoms with Crippen LogP contribution >= 0.6 is 0 Å². The number of carbonyl (C=O) groups excluding carboxylic acids is 1. The first-order valence-electron chi connectivity index (χ1n) is 16.0. The van der Waals surface area contributed by atoms with E-state index in [4.69, 9.17) is 9.47 Å². The molecule has 0 spiro atoms. The number of nitrogens with one attached hydrogen (secondary N) is 1. The highest BCUT2D eigenvalue weighted by Gasteiger charge is 2.38. The van der Waals surface area contributed by atoms with E-state index in [0.717, 1.165) is 30.2 Å². The highest BCUT2D eigenvalue weighted by molar-refractivity contribution is 7.99. The summed E-state index contributed by atoms with van der Waals surface area (Å²) in [5, 5.41) is 2.49. The molecule has 1 N–H and O–H groups in total. The molecule has 0 aliphatic carbocycles. The number of rotatable bonds is 25. The van der Waals surface area contributed by atoms with Crippen LogP contribution < -0.4 is 5.32 Å². The normalized spacial score (nSPS) is 13.6. The fourth-order valence-corrected chi connectivity index (χ4v) is 6.87. The second kappa shape index (κ2) is 25.4. The summed E-state index contributed by atoms with van der Waals surface area (Å²) in [6, 6.07) is 0. The van der Waals surface area contributed by atoms with E-state index < -0.39 is 37.9 Å². The van der Waals surface area contributed by atoms with E-state index in [9.17, 15) is 21.6 Å². The maximum Gasteiger partial charge on any atom is 0.408 e. The van der Waals surface area contributed by atoms with E-state index in [1.807, 2.05) is 0 Å². The summed E-state index contributed by atoms with van der Waals surface area (Å²) in [5.74, 6) is 0. The summed E-state index contributed by atoms with van der Waals surface area (Å²) in [5.41, 5.74) is -1.91. The predicted molar refractivity (Wildman–Crippen MR) is 172 cm³/mol. The highest BCUT2D eigenvalue weighted by atomic mass is 32.3. The van der Waals surface area contributed by atoms with Crippen molar-refractivity contribution in [3.05, 3.63) is 0 Å². The number of alkyl carbamates (subject to hydrolysis) is 1. The molecule has 12 heteroatoms. The number of hydrogen-bond acceptors (Lipinski definition) is 8. The zero-order valence-corrected chi connectivity index (χ0v) is 29.8. The van der Waals surface area contributed by atoms with Crippen LogP contribution in [0.15, 0.2) is 0 Å². The minimum Gasteiger partial charge on any atom is -0.424 e. The van der Waals surface area contributed by atoms with Crippen molar-refractivity contribution in [2.75, 3.05) is 47.6 Å². The number of hydrogen-bond donors (Lipinski definition) is 1. The Morgan fingerprint density at radius 2 is 1.12 bits per heavy atom. The van der Waals surface area contributed by atoms with Crippen LogP contribution in [0.1, 0.15) is 130 Å². The first kappa shape index (κ1) is 43.2. The van der Waals surface area contributed by atoms with E-state index in [-0.39, 0.29) is 0 Å². The first-order valence-corrected chi connectivity index (χ1v) is 19.3. The summed E-state index contributed by atoms with van der Waals surface area (Å²) in [6.45, 7) is 7.40. The van der Waals surface area contributed by atoms with E-state index in [2.05, 4.69) is 43.9 Å². The monoisotopic (exact) mass is 645 g/mol. The Labute approximate surface area is 259 Å². The molecule has 0 aromatic carbocycles. The maximum atomic E-state index is 12.1. The molecule has 10 nitrogen and oxygen atoms in total. The van der Waals surface area contributed by atoms with Gasteiger partial charge in [0.05, 0.1) is 33.9 Å². The molecule has 1 amide bonds. The van der Waals surface area contributed by atoms with Crippen LogP contribution in [-0.2, 0) is 33.3 Å². The van der Waals surface area contributed by atoms with Crippen LogP contribution in [0.3, 0.4) is 0 Å². The Kier molecular flexibility index (Phi) is 26.1. The topological polar surface area (TPSA) is 125 Å². The highest BCUT2D eigenvalue weighted by Crippen LogP contribution is 2.16. The quantitative estimate of drug-likeness (QED) is 0.0855. The van der Waals surface area contributed by atoms with Gasteiger partial charge in [0, 0.05) is 13.7 Å². The van der Waals surface area contributed by atoms with Gasteiger partial charge in [-0.05, 0) is 19.8 Å². The van der Waals surface area contributed by atoms with E-state index >= 15 is 0 Å². The molecular weight excluding hydrogens is 580 g/mol. The van der Waals surface area contributed by atoms with Gasteiger partial charge in [-0.25, -0.2) is 4.79 Å². The molecule has 2 unspecified atom stereocenters. The van der Waals surface area contributed by atoms with E-state index in [0.29, 0.717) is 12.8 Å². The van der Waals surface area contributed by atoms with Crippen LogP contribution in [0.2, 0.25) is 0 Å². The lowest BCUT2D eigenvalue weighted by molar-refractivity contribution is -0.870. The van der Waals surface area contributed by atoms with Gasteiger partial charge in [-0.1, -0.05) is 110 Å². The van der Waals surface area contributed by atoms with Gasteiger partial charge >= 0.3 is 16.2 Å². The minimum absolute atomic E-state index is 0.332. The van der Waals surface area contributed by atoms with Crippen molar-refractivity contribution in [3.63, 3.8) is 0 Å². The van der Waals surface area contributed by atoms with Crippen molar-refractivity contribution < 1.29 is 39.2 Å². The number of ether oxygens (including phenoxy) is 2. The molecule has 0 bridgehead atoms. The molecule has 0 saturated heterocycles. The second-order valence-electron chi connectivity index (χ2n) is 12.2. The summed E-state index contributed by atoms with van der Waals surface area (Å²) < 4.78 is 61.6. The van der Waals surface area contributed by atoms with Crippen LogP contribution in [0.25, 0.3) is 0 Å². The molecule has 0 saturated carbocycles. The minimum atomic E-state index is -4.74. The fourth-order valence-electron chi connectivity index (χ4n) is 4.39. The standard InChI is InChI=1S/C24H49NO8S2.C6H16N/c1-5-6-7-8-9-10-11-12-13-14-15-16-17-18-19-20-21-25-24(26)32-23(22(2)31-3)35(29,30)33-34(4,27)28;1-5-6-7(2,3)4/h22-23H,5-21H2,1-4H3,(H,25,26);5-6H2,1-4H3/q;+1. The average Bonchev–Trinajstić information content (AvgIpc) is 2.86. The van der Waals surface area contributed by atoms with Gasteiger partial charge in [0.25, 0.3) is 15.6 Å². The molecule has 0 radical (unpaired) electrons. The lowest BCUT2D eigenvalue weighted by Gasteiger charge is -2.22. The van der Waals surface area contributed by atoms with Crippen molar-refractivity contribution >= 4 is 26.3 Å². The van der Waals surface area contributed by atoms with Gasteiger partial charge in [0.1, 0.15) is 6.10 Å². The fraction of sp³-hybridized carbons (Fsp3) is 0.967. The van der Waals surface area contributed by atoms with E-state index in [1.165, 1.54) is 104 Å². The van der Waals surface area contributed by atoms with Gasteiger partial charge in [0.15, 0.2) is 0 Å². The van der Waals surface area contributed by atoms with Gasteiger partial charge in [-0.3, -0.25) is 0 Å². The summed E-state index contributed by atoms with van der Waals surface area (Å²) >= 11 is 0. The molecule has 42 heavy (non-hydrogen) atoms. The molecule has 0 aliphatic rings. The molecule has 2 atom stereocenters. The van der Waals surface area contributed by atoms with Crippen molar-refractivity contribution in [3.8, 4) is 0 Å². The molecule has 0 fully saturated rings. The molecule has 0 aliphatic heterocycles. The van der Waals surface area contributed by atoms with Crippen molar-refractivity contribution in [1.29, 1.82) is 0 Å². The smallest absolute Gasteiger partial charge is 0.408 e. The lowest BCUT2D eigenvalue weighted by Crippen LogP contribution is -2.42. The Hall–Kier alpha value is -0.950. The Morgan fingerprint density at radius 3 is 1.43 bits per heavy atom. The van der Waals surface area contributed by atoms with E-state index in [1.54, 1.807) is 0 Å².